The highest BCUT2D eigenvalue weighted by atomic mass is 79.9. The summed E-state index contributed by atoms with van der Waals surface area (Å²) in [4.78, 5) is 0. The monoisotopic (exact) mass is 305 g/mol. The van der Waals surface area contributed by atoms with E-state index in [1.165, 1.54) is 0 Å². The highest BCUT2D eigenvalue weighted by Gasteiger charge is 2.19. The van der Waals surface area contributed by atoms with Crippen LogP contribution in [-0.2, 0) is 20.0 Å². The lowest BCUT2D eigenvalue weighted by molar-refractivity contribution is 0.00243. The van der Waals surface area contributed by atoms with Gasteiger partial charge in [-0.05, 0) is 29.3 Å². The van der Waals surface area contributed by atoms with E-state index in [9.17, 15) is 5.11 Å². The van der Waals surface area contributed by atoms with E-state index in [4.69, 9.17) is 5.11 Å². The number of nitrogens with one attached hydrogen (secondary N) is 1. The molecule has 0 aliphatic carbocycles. The molecule has 1 atom stereocenters. The van der Waals surface area contributed by atoms with Gasteiger partial charge in [0.25, 0.3) is 0 Å². The molecular formula is C11H20BrN3O2. The summed E-state index contributed by atoms with van der Waals surface area (Å²) in [7, 11) is 1.89. The molecule has 1 aromatic rings. The quantitative estimate of drug-likeness (QED) is 0.719. The predicted molar refractivity (Wildman–Crippen MR) is 69.7 cm³/mol. The minimum absolute atomic E-state index is 0.257. The molecule has 5 nitrogen and oxygen atoms in total. The van der Waals surface area contributed by atoms with Crippen molar-refractivity contribution in [2.45, 2.75) is 32.4 Å². The van der Waals surface area contributed by atoms with E-state index >= 15 is 0 Å². The van der Waals surface area contributed by atoms with Gasteiger partial charge in [-0.3, -0.25) is 4.68 Å². The van der Waals surface area contributed by atoms with E-state index in [0.29, 0.717) is 13.1 Å². The van der Waals surface area contributed by atoms with Crippen LogP contribution in [0.3, 0.4) is 0 Å². The van der Waals surface area contributed by atoms with Crippen LogP contribution in [0.2, 0.25) is 0 Å². The van der Waals surface area contributed by atoms with E-state index < -0.39 is 5.60 Å². The minimum Gasteiger partial charge on any atom is -0.393 e. The Kier molecular flexibility index (Phi) is 5.12. The van der Waals surface area contributed by atoms with E-state index in [1.807, 2.05) is 11.7 Å². The topological polar surface area (TPSA) is 70.3 Å². The molecule has 3 N–H and O–H groups in total. The fourth-order valence-electron chi connectivity index (χ4n) is 1.52. The maximum absolute atomic E-state index is 9.64. The van der Waals surface area contributed by atoms with Crippen LogP contribution in [0.15, 0.2) is 4.47 Å². The zero-order chi connectivity index (χ0) is 13.1. The first-order chi connectivity index (χ1) is 7.91. The van der Waals surface area contributed by atoms with Crippen LogP contribution in [0.4, 0.5) is 0 Å². The van der Waals surface area contributed by atoms with Crippen molar-refractivity contribution >= 4 is 15.9 Å². The Hall–Kier alpha value is -0.430. The molecule has 1 rings (SSSR count). The summed E-state index contributed by atoms with van der Waals surface area (Å²) in [6, 6.07) is 0. The lowest BCUT2D eigenvalue weighted by atomic mass is 10.1. The number of aryl methyl sites for hydroxylation is 2. The Morgan fingerprint density at radius 1 is 1.53 bits per heavy atom. The summed E-state index contributed by atoms with van der Waals surface area (Å²) in [6.45, 7) is 4.33. The van der Waals surface area contributed by atoms with Gasteiger partial charge in [0.05, 0.1) is 28.1 Å². The Morgan fingerprint density at radius 2 is 2.18 bits per heavy atom. The maximum Gasteiger partial charge on any atom is 0.0972 e. The van der Waals surface area contributed by atoms with Gasteiger partial charge < -0.3 is 15.5 Å². The van der Waals surface area contributed by atoms with Crippen LogP contribution in [0.5, 0.6) is 0 Å². The number of nitrogens with zero attached hydrogens (tertiary/aromatic N) is 2. The van der Waals surface area contributed by atoms with Gasteiger partial charge >= 0.3 is 0 Å². The largest absolute Gasteiger partial charge is 0.393 e. The van der Waals surface area contributed by atoms with Gasteiger partial charge in [0.2, 0.25) is 0 Å². The fraction of sp³-hybridized carbons (Fsp3) is 0.727. The fourth-order valence-corrected chi connectivity index (χ4v) is 2.27. The van der Waals surface area contributed by atoms with Gasteiger partial charge in [-0.15, -0.1) is 0 Å². The third-order valence-electron chi connectivity index (χ3n) is 2.64. The molecule has 0 saturated carbocycles. The molecule has 0 amide bonds. The van der Waals surface area contributed by atoms with Crippen molar-refractivity contribution < 1.29 is 10.2 Å². The van der Waals surface area contributed by atoms with Crippen molar-refractivity contribution in [1.29, 1.82) is 0 Å². The molecule has 0 aromatic carbocycles. The Balaban J connectivity index is 2.61. The minimum atomic E-state index is -1.08. The van der Waals surface area contributed by atoms with Crippen LogP contribution in [0, 0.1) is 0 Å². The molecule has 0 radical (unpaired) electrons. The molecule has 6 heteroatoms. The summed E-state index contributed by atoms with van der Waals surface area (Å²) in [5.74, 6) is 0. The average molecular weight is 306 g/mol. The van der Waals surface area contributed by atoms with Crippen LogP contribution < -0.4 is 5.32 Å². The second-order valence-electron chi connectivity index (χ2n) is 4.44. The highest BCUT2D eigenvalue weighted by molar-refractivity contribution is 9.10. The smallest absolute Gasteiger partial charge is 0.0972 e. The Morgan fingerprint density at radius 3 is 2.65 bits per heavy atom. The van der Waals surface area contributed by atoms with Crippen molar-refractivity contribution in [3.8, 4) is 0 Å². The standard InChI is InChI=1S/C11H20BrN3O2/c1-4-8-10(12)9(15(3)14-8)5-13-6-11(2,17)7-16/h13,16-17H,4-7H2,1-3H3. The number of aromatic nitrogens is 2. The van der Waals surface area contributed by atoms with Gasteiger partial charge in [-0.2, -0.15) is 5.10 Å². The molecule has 17 heavy (non-hydrogen) atoms. The number of aliphatic hydroxyl groups excluding tert-OH is 1. The third kappa shape index (κ3) is 3.77. The van der Waals surface area contributed by atoms with Crippen LogP contribution in [0.25, 0.3) is 0 Å². The Bertz CT molecular complexity index is 377. The number of aliphatic hydroxyl groups is 2. The second-order valence-corrected chi connectivity index (χ2v) is 5.24. The van der Waals surface area contributed by atoms with Crippen LogP contribution in [0.1, 0.15) is 25.2 Å². The lowest BCUT2D eigenvalue weighted by Crippen LogP contribution is -2.40. The van der Waals surface area contributed by atoms with Crippen molar-refractivity contribution in [2.24, 2.45) is 7.05 Å². The Labute approximate surface area is 110 Å². The van der Waals surface area contributed by atoms with Gasteiger partial charge in [-0.1, -0.05) is 6.92 Å². The van der Waals surface area contributed by atoms with Crippen LogP contribution >= 0.6 is 15.9 Å². The summed E-state index contributed by atoms with van der Waals surface area (Å²) in [5, 5.41) is 26.1. The highest BCUT2D eigenvalue weighted by Crippen LogP contribution is 2.21. The zero-order valence-corrected chi connectivity index (χ0v) is 12.1. The molecule has 0 aliphatic rings. The first kappa shape index (κ1) is 14.6. The first-order valence-corrected chi connectivity index (χ1v) is 6.44. The van der Waals surface area contributed by atoms with Gasteiger partial charge in [-0.25, -0.2) is 0 Å². The van der Waals surface area contributed by atoms with Crippen molar-refractivity contribution in [1.82, 2.24) is 15.1 Å². The van der Waals surface area contributed by atoms with Gasteiger partial charge in [0, 0.05) is 20.1 Å². The van der Waals surface area contributed by atoms with Gasteiger partial charge in [0.15, 0.2) is 0 Å². The number of hydrogen-bond acceptors (Lipinski definition) is 4. The molecular weight excluding hydrogens is 286 g/mol. The molecule has 0 bridgehead atoms. The number of hydrogen-bond donors (Lipinski definition) is 3. The van der Waals surface area contributed by atoms with Gasteiger partial charge in [0.1, 0.15) is 0 Å². The molecule has 0 saturated heterocycles. The third-order valence-corrected chi connectivity index (χ3v) is 3.56. The summed E-state index contributed by atoms with van der Waals surface area (Å²) in [5.41, 5.74) is 0.979. The maximum atomic E-state index is 9.64. The average Bonchev–Trinajstić information content (AvgIpc) is 2.56. The van der Waals surface area contributed by atoms with E-state index in [1.54, 1.807) is 6.92 Å². The molecule has 1 aromatic heterocycles. The SMILES string of the molecule is CCc1nn(C)c(CNCC(C)(O)CO)c1Br. The first-order valence-electron chi connectivity index (χ1n) is 5.65. The normalized spacial score (nSPS) is 14.9. The van der Waals surface area contributed by atoms with Crippen molar-refractivity contribution in [3.05, 3.63) is 15.9 Å². The zero-order valence-electron chi connectivity index (χ0n) is 10.5. The number of rotatable bonds is 6. The molecule has 0 fully saturated rings. The van der Waals surface area contributed by atoms with E-state index in [0.717, 1.165) is 22.3 Å². The molecule has 0 aliphatic heterocycles. The summed E-state index contributed by atoms with van der Waals surface area (Å²) in [6.07, 6.45) is 0.878. The molecule has 98 valence electrons. The van der Waals surface area contributed by atoms with Crippen molar-refractivity contribution in [3.63, 3.8) is 0 Å². The van der Waals surface area contributed by atoms with E-state index in [-0.39, 0.29) is 6.61 Å². The number of halogens is 1. The second kappa shape index (κ2) is 5.95. The summed E-state index contributed by atoms with van der Waals surface area (Å²) >= 11 is 3.52. The van der Waals surface area contributed by atoms with E-state index in [2.05, 4.69) is 33.3 Å². The predicted octanol–water partition coefficient (Wildman–Crippen LogP) is 0.578. The lowest BCUT2D eigenvalue weighted by Gasteiger charge is -2.20. The molecule has 1 unspecified atom stereocenters. The van der Waals surface area contributed by atoms with Crippen molar-refractivity contribution in [2.75, 3.05) is 13.2 Å². The molecule has 1 heterocycles. The molecule has 0 spiro atoms. The van der Waals surface area contributed by atoms with Crippen LogP contribution in [-0.4, -0.2) is 38.7 Å². The summed E-state index contributed by atoms with van der Waals surface area (Å²) < 4.78 is 2.84.